The normalized spacial score (nSPS) is 11.4. The first-order chi connectivity index (χ1) is 13.5. The monoisotopic (exact) mass is 397 g/mol. The SMILES string of the molecule is CN(Cc1nc2ccsc2c(=O)[nH]1)C(=O)CCn1c(=O)n(C)c2ccccc21. The third kappa shape index (κ3) is 3.13. The van der Waals surface area contributed by atoms with Crippen LogP contribution in [0.3, 0.4) is 0 Å². The highest BCUT2D eigenvalue weighted by atomic mass is 32.1. The Kier molecular flexibility index (Phi) is 4.60. The van der Waals surface area contributed by atoms with Gasteiger partial charge >= 0.3 is 5.69 Å². The summed E-state index contributed by atoms with van der Waals surface area (Å²) >= 11 is 1.34. The zero-order valence-electron chi connectivity index (χ0n) is 15.5. The molecule has 3 aromatic heterocycles. The minimum absolute atomic E-state index is 0.132. The number of amides is 1. The summed E-state index contributed by atoms with van der Waals surface area (Å²) in [5.74, 6) is 0.307. The highest BCUT2D eigenvalue weighted by Gasteiger charge is 2.15. The average Bonchev–Trinajstić information content (AvgIpc) is 3.24. The first-order valence-electron chi connectivity index (χ1n) is 8.80. The maximum absolute atomic E-state index is 12.6. The van der Waals surface area contributed by atoms with Gasteiger partial charge in [0.15, 0.2) is 0 Å². The van der Waals surface area contributed by atoms with Gasteiger partial charge in [0.05, 0.1) is 23.1 Å². The predicted octanol–water partition coefficient (Wildman–Crippen LogP) is 1.69. The van der Waals surface area contributed by atoms with Crippen molar-refractivity contribution in [3.63, 3.8) is 0 Å². The molecule has 0 atom stereocenters. The van der Waals surface area contributed by atoms with Crippen molar-refractivity contribution in [2.75, 3.05) is 7.05 Å². The topological polar surface area (TPSA) is 93.0 Å². The first-order valence-corrected chi connectivity index (χ1v) is 9.68. The van der Waals surface area contributed by atoms with Crippen molar-refractivity contribution in [3.8, 4) is 0 Å². The Morgan fingerprint density at radius 3 is 2.75 bits per heavy atom. The second-order valence-electron chi connectivity index (χ2n) is 6.63. The Balaban J connectivity index is 1.48. The minimum atomic E-state index is -0.196. The van der Waals surface area contributed by atoms with Gasteiger partial charge in [-0.2, -0.15) is 0 Å². The van der Waals surface area contributed by atoms with Crippen LogP contribution in [-0.4, -0.2) is 37.0 Å². The third-order valence-corrected chi connectivity index (χ3v) is 5.68. The van der Waals surface area contributed by atoms with Crippen molar-refractivity contribution < 1.29 is 4.79 Å². The van der Waals surface area contributed by atoms with Crippen LogP contribution in [0, 0.1) is 0 Å². The number of aromatic amines is 1. The number of hydrogen-bond acceptors (Lipinski definition) is 5. The molecular weight excluding hydrogens is 378 g/mol. The minimum Gasteiger partial charge on any atom is -0.338 e. The summed E-state index contributed by atoms with van der Waals surface area (Å²) in [6.45, 7) is 0.487. The van der Waals surface area contributed by atoms with Crippen molar-refractivity contribution >= 4 is 38.5 Å². The molecule has 0 aliphatic heterocycles. The van der Waals surface area contributed by atoms with Crippen molar-refractivity contribution in [1.29, 1.82) is 0 Å². The van der Waals surface area contributed by atoms with E-state index in [-0.39, 0.29) is 36.7 Å². The van der Waals surface area contributed by atoms with E-state index in [0.29, 0.717) is 16.0 Å². The lowest BCUT2D eigenvalue weighted by Crippen LogP contribution is -2.30. The van der Waals surface area contributed by atoms with Crippen LogP contribution >= 0.6 is 11.3 Å². The largest absolute Gasteiger partial charge is 0.338 e. The summed E-state index contributed by atoms with van der Waals surface area (Å²) in [6, 6.07) is 9.28. The van der Waals surface area contributed by atoms with E-state index in [1.54, 1.807) is 29.3 Å². The van der Waals surface area contributed by atoms with Gasteiger partial charge in [-0.25, -0.2) is 9.78 Å². The molecule has 8 nitrogen and oxygen atoms in total. The second kappa shape index (κ2) is 7.08. The molecule has 9 heteroatoms. The molecule has 0 bridgehead atoms. The van der Waals surface area contributed by atoms with Crippen LogP contribution in [-0.2, 0) is 24.9 Å². The Hall–Kier alpha value is -3.20. The van der Waals surface area contributed by atoms with E-state index in [1.807, 2.05) is 29.6 Å². The summed E-state index contributed by atoms with van der Waals surface area (Å²) in [5, 5.41) is 1.81. The number of aromatic nitrogens is 4. The van der Waals surface area contributed by atoms with Gasteiger partial charge in [0.2, 0.25) is 5.91 Å². The Morgan fingerprint density at radius 2 is 1.96 bits per heavy atom. The molecule has 0 radical (unpaired) electrons. The maximum Gasteiger partial charge on any atom is 0.328 e. The zero-order chi connectivity index (χ0) is 19.8. The van der Waals surface area contributed by atoms with Gasteiger partial charge in [-0.1, -0.05) is 12.1 Å². The molecule has 1 aromatic carbocycles. The molecule has 4 aromatic rings. The quantitative estimate of drug-likeness (QED) is 0.555. The second-order valence-corrected chi connectivity index (χ2v) is 7.55. The molecule has 0 fully saturated rings. The fraction of sp³-hybridized carbons (Fsp3) is 0.263. The predicted molar refractivity (Wildman–Crippen MR) is 109 cm³/mol. The lowest BCUT2D eigenvalue weighted by Gasteiger charge is -2.16. The molecule has 0 aliphatic rings. The maximum atomic E-state index is 12.6. The van der Waals surface area contributed by atoms with Crippen LogP contribution in [0.4, 0.5) is 0 Å². The van der Waals surface area contributed by atoms with Crippen LogP contribution in [0.2, 0.25) is 0 Å². The fourth-order valence-corrected chi connectivity index (χ4v) is 4.01. The standard InChI is InChI=1S/C19H19N5O3S/c1-22(11-15-20-12-8-10-28-17(12)18(26)21-15)16(25)7-9-24-14-6-4-3-5-13(14)23(2)19(24)27/h3-6,8,10H,7,9,11H2,1-2H3,(H,20,21,26). The summed E-state index contributed by atoms with van der Waals surface area (Å²) in [4.78, 5) is 45.7. The number of carbonyl (C=O) groups is 1. The number of benzene rings is 1. The molecule has 0 saturated carbocycles. The molecule has 1 amide bonds. The number of rotatable bonds is 5. The van der Waals surface area contributed by atoms with Gasteiger partial charge in [-0.15, -0.1) is 11.3 Å². The molecule has 0 spiro atoms. The Labute approximate surface area is 163 Å². The first kappa shape index (κ1) is 18.2. The highest BCUT2D eigenvalue weighted by molar-refractivity contribution is 7.17. The summed E-state index contributed by atoms with van der Waals surface area (Å²) in [6.07, 6.45) is 0.176. The average molecular weight is 397 g/mol. The van der Waals surface area contributed by atoms with Gasteiger partial charge < -0.3 is 9.88 Å². The van der Waals surface area contributed by atoms with E-state index in [9.17, 15) is 14.4 Å². The van der Waals surface area contributed by atoms with E-state index in [1.165, 1.54) is 16.2 Å². The molecule has 0 aliphatic carbocycles. The number of H-pyrrole nitrogens is 1. The van der Waals surface area contributed by atoms with E-state index < -0.39 is 0 Å². The number of aryl methyl sites for hydroxylation is 2. The van der Waals surface area contributed by atoms with Gasteiger partial charge in [-0.05, 0) is 23.6 Å². The number of fused-ring (bicyclic) bond motifs is 2. The van der Waals surface area contributed by atoms with E-state index in [4.69, 9.17) is 0 Å². The summed E-state index contributed by atoms with van der Waals surface area (Å²) in [5.41, 5.74) is 1.93. The van der Waals surface area contributed by atoms with Crippen LogP contribution < -0.4 is 11.2 Å². The van der Waals surface area contributed by atoms with Crippen LogP contribution in [0.1, 0.15) is 12.2 Å². The molecule has 0 saturated heterocycles. The van der Waals surface area contributed by atoms with Crippen molar-refractivity contribution in [3.05, 3.63) is 62.4 Å². The molecule has 28 heavy (non-hydrogen) atoms. The molecule has 4 rings (SSSR count). The molecule has 144 valence electrons. The summed E-state index contributed by atoms with van der Waals surface area (Å²) < 4.78 is 3.76. The lowest BCUT2D eigenvalue weighted by molar-refractivity contribution is -0.130. The Morgan fingerprint density at radius 1 is 1.21 bits per heavy atom. The third-order valence-electron chi connectivity index (χ3n) is 4.78. The molecular formula is C19H19N5O3S. The van der Waals surface area contributed by atoms with Crippen LogP contribution in [0.25, 0.3) is 21.3 Å². The van der Waals surface area contributed by atoms with Gasteiger partial charge in [0, 0.05) is 27.1 Å². The zero-order valence-corrected chi connectivity index (χ0v) is 16.3. The summed E-state index contributed by atoms with van der Waals surface area (Å²) in [7, 11) is 3.38. The van der Waals surface area contributed by atoms with Crippen LogP contribution in [0.5, 0.6) is 0 Å². The fourth-order valence-electron chi connectivity index (χ4n) is 3.29. The highest BCUT2D eigenvalue weighted by Crippen LogP contribution is 2.15. The molecule has 0 unspecified atom stereocenters. The molecule has 3 heterocycles. The number of carbonyl (C=O) groups excluding carboxylic acids is 1. The van der Waals surface area contributed by atoms with Crippen molar-refractivity contribution in [1.82, 2.24) is 24.0 Å². The number of para-hydroxylation sites is 2. The Bertz CT molecular complexity index is 1300. The number of thiophene rings is 1. The van der Waals surface area contributed by atoms with E-state index in [0.717, 1.165) is 11.0 Å². The van der Waals surface area contributed by atoms with E-state index in [2.05, 4.69) is 9.97 Å². The van der Waals surface area contributed by atoms with Gasteiger partial charge in [0.25, 0.3) is 5.56 Å². The van der Waals surface area contributed by atoms with Crippen molar-refractivity contribution in [2.24, 2.45) is 7.05 Å². The smallest absolute Gasteiger partial charge is 0.328 e. The number of nitrogens with zero attached hydrogens (tertiary/aromatic N) is 4. The molecule has 1 N–H and O–H groups in total. The lowest BCUT2D eigenvalue weighted by atomic mass is 10.3. The van der Waals surface area contributed by atoms with Crippen LogP contribution in [0.15, 0.2) is 45.3 Å². The number of hydrogen-bond donors (Lipinski definition) is 1. The van der Waals surface area contributed by atoms with Gasteiger partial charge in [-0.3, -0.25) is 18.7 Å². The van der Waals surface area contributed by atoms with Crippen molar-refractivity contribution in [2.45, 2.75) is 19.5 Å². The number of imidazole rings is 1. The van der Waals surface area contributed by atoms with Gasteiger partial charge in [0.1, 0.15) is 10.5 Å². The van der Waals surface area contributed by atoms with E-state index >= 15 is 0 Å². The number of nitrogens with one attached hydrogen (secondary N) is 1.